The van der Waals surface area contributed by atoms with E-state index in [9.17, 15) is 9.59 Å². The average molecular weight is 283 g/mol. The van der Waals surface area contributed by atoms with Crippen molar-refractivity contribution in [1.29, 1.82) is 0 Å². The molecule has 0 unspecified atom stereocenters. The minimum Gasteiger partial charge on any atom is -0.478 e. The van der Waals surface area contributed by atoms with Gasteiger partial charge in [-0.05, 0) is 35.4 Å². The Hall–Kier alpha value is -2.62. The van der Waals surface area contributed by atoms with Gasteiger partial charge in [-0.2, -0.15) is 0 Å². The van der Waals surface area contributed by atoms with E-state index in [0.29, 0.717) is 6.42 Å². The third kappa shape index (κ3) is 3.28. The number of carboxylic acid groups (broad SMARTS) is 1. The molecule has 2 aromatic carbocycles. The van der Waals surface area contributed by atoms with Gasteiger partial charge in [-0.3, -0.25) is 4.79 Å². The summed E-state index contributed by atoms with van der Waals surface area (Å²) < 4.78 is 0. The first-order chi connectivity index (χ1) is 10.0. The quantitative estimate of drug-likeness (QED) is 0.935. The molecule has 0 atom stereocenters. The molecule has 0 spiro atoms. The van der Waals surface area contributed by atoms with Crippen molar-refractivity contribution >= 4 is 17.6 Å². The number of carboxylic acids is 1. The van der Waals surface area contributed by atoms with Gasteiger partial charge in [-0.15, -0.1) is 0 Å². The fourth-order valence-corrected chi connectivity index (χ4v) is 2.06. The SMILES string of the molecule is CCC(=O)N(C)c1ccc(-c2ccc(C(=O)O)cc2)cc1. The van der Waals surface area contributed by atoms with E-state index < -0.39 is 5.97 Å². The Morgan fingerprint density at radius 2 is 1.43 bits per heavy atom. The molecule has 0 bridgehead atoms. The molecule has 2 aromatic rings. The highest BCUT2D eigenvalue weighted by molar-refractivity contribution is 5.93. The lowest BCUT2D eigenvalue weighted by molar-refractivity contribution is -0.118. The van der Waals surface area contributed by atoms with Crippen LogP contribution in [0.25, 0.3) is 11.1 Å². The number of amides is 1. The van der Waals surface area contributed by atoms with E-state index in [1.54, 1.807) is 36.2 Å². The van der Waals surface area contributed by atoms with E-state index in [-0.39, 0.29) is 11.5 Å². The number of carbonyl (C=O) groups is 2. The molecule has 0 aliphatic carbocycles. The Kier molecular flexibility index (Phi) is 4.38. The van der Waals surface area contributed by atoms with Crippen LogP contribution in [-0.4, -0.2) is 24.0 Å². The fraction of sp³-hybridized carbons (Fsp3) is 0.176. The van der Waals surface area contributed by atoms with Crippen LogP contribution < -0.4 is 4.90 Å². The average Bonchev–Trinajstić information content (AvgIpc) is 2.53. The second kappa shape index (κ2) is 6.22. The van der Waals surface area contributed by atoms with E-state index in [4.69, 9.17) is 5.11 Å². The van der Waals surface area contributed by atoms with Crippen LogP contribution in [0, 0.1) is 0 Å². The molecule has 4 nitrogen and oxygen atoms in total. The van der Waals surface area contributed by atoms with Crippen molar-refractivity contribution in [1.82, 2.24) is 0 Å². The summed E-state index contributed by atoms with van der Waals surface area (Å²) in [5.41, 5.74) is 3.03. The normalized spacial score (nSPS) is 10.2. The first-order valence-corrected chi connectivity index (χ1v) is 6.73. The van der Waals surface area contributed by atoms with Crippen molar-refractivity contribution in [2.45, 2.75) is 13.3 Å². The van der Waals surface area contributed by atoms with Crippen LogP contribution in [0.1, 0.15) is 23.7 Å². The zero-order chi connectivity index (χ0) is 15.4. The Morgan fingerprint density at radius 1 is 0.952 bits per heavy atom. The van der Waals surface area contributed by atoms with Crippen molar-refractivity contribution in [2.24, 2.45) is 0 Å². The van der Waals surface area contributed by atoms with Crippen molar-refractivity contribution in [3.8, 4) is 11.1 Å². The maximum atomic E-state index is 11.6. The van der Waals surface area contributed by atoms with Crippen molar-refractivity contribution in [2.75, 3.05) is 11.9 Å². The summed E-state index contributed by atoms with van der Waals surface area (Å²) in [7, 11) is 1.75. The van der Waals surface area contributed by atoms with Crippen molar-refractivity contribution in [3.63, 3.8) is 0 Å². The Morgan fingerprint density at radius 3 is 1.86 bits per heavy atom. The summed E-state index contributed by atoms with van der Waals surface area (Å²) in [6.45, 7) is 1.83. The van der Waals surface area contributed by atoms with Crippen LogP contribution in [0.2, 0.25) is 0 Å². The van der Waals surface area contributed by atoms with Crippen LogP contribution >= 0.6 is 0 Å². The van der Waals surface area contributed by atoms with E-state index in [2.05, 4.69) is 0 Å². The molecule has 4 heteroatoms. The van der Waals surface area contributed by atoms with Gasteiger partial charge < -0.3 is 10.0 Å². The molecule has 0 saturated heterocycles. The van der Waals surface area contributed by atoms with Crippen molar-refractivity contribution in [3.05, 3.63) is 54.1 Å². The van der Waals surface area contributed by atoms with Crippen LogP contribution in [0.15, 0.2) is 48.5 Å². The minimum atomic E-state index is -0.934. The smallest absolute Gasteiger partial charge is 0.335 e. The molecule has 0 fully saturated rings. The van der Waals surface area contributed by atoms with Crippen LogP contribution in [0.5, 0.6) is 0 Å². The number of rotatable bonds is 4. The highest BCUT2D eigenvalue weighted by Gasteiger charge is 2.08. The van der Waals surface area contributed by atoms with Gasteiger partial charge in [0.05, 0.1) is 5.56 Å². The molecule has 21 heavy (non-hydrogen) atoms. The molecule has 1 N–H and O–H groups in total. The predicted molar refractivity (Wildman–Crippen MR) is 82.5 cm³/mol. The van der Waals surface area contributed by atoms with E-state index in [0.717, 1.165) is 16.8 Å². The number of carbonyl (C=O) groups excluding carboxylic acids is 1. The van der Waals surface area contributed by atoms with Gasteiger partial charge in [0.25, 0.3) is 0 Å². The standard InChI is InChI=1S/C17H17NO3/c1-3-16(19)18(2)15-10-8-13(9-11-15)12-4-6-14(7-5-12)17(20)21/h4-11H,3H2,1-2H3,(H,20,21). The molecule has 0 radical (unpaired) electrons. The number of anilines is 1. The third-order valence-corrected chi connectivity index (χ3v) is 3.40. The summed E-state index contributed by atoms with van der Waals surface area (Å²) in [4.78, 5) is 24.1. The Labute approximate surface area is 123 Å². The van der Waals surface area contributed by atoms with Gasteiger partial charge in [0, 0.05) is 19.2 Å². The highest BCUT2D eigenvalue weighted by atomic mass is 16.4. The van der Waals surface area contributed by atoms with Crippen LogP contribution in [0.3, 0.4) is 0 Å². The second-order valence-electron chi connectivity index (χ2n) is 4.74. The Bertz CT molecular complexity index is 645. The largest absolute Gasteiger partial charge is 0.478 e. The zero-order valence-electron chi connectivity index (χ0n) is 12.0. The lowest BCUT2D eigenvalue weighted by Crippen LogP contribution is -2.24. The van der Waals surface area contributed by atoms with Gasteiger partial charge in [0.1, 0.15) is 0 Å². The number of nitrogens with zero attached hydrogens (tertiary/aromatic N) is 1. The van der Waals surface area contributed by atoms with E-state index >= 15 is 0 Å². The highest BCUT2D eigenvalue weighted by Crippen LogP contribution is 2.23. The van der Waals surface area contributed by atoms with Crippen LogP contribution in [0.4, 0.5) is 5.69 Å². The summed E-state index contributed by atoms with van der Waals surface area (Å²) in [6, 6.07) is 14.3. The monoisotopic (exact) mass is 283 g/mol. The van der Waals surface area contributed by atoms with Crippen LogP contribution in [-0.2, 0) is 4.79 Å². The van der Waals surface area contributed by atoms with Gasteiger partial charge in [-0.1, -0.05) is 31.2 Å². The summed E-state index contributed by atoms with van der Waals surface area (Å²) in [6.07, 6.45) is 0.467. The zero-order valence-corrected chi connectivity index (χ0v) is 12.0. The number of hydrogen-bond acceptors (Lipinski definition) is 2. The molecule has 0 aliphatic heterocycles. The second-order valence-corrected chi connectivity index (χ2v) is 4.74. The van der Waals surface area contributed by atoms with Gasteiger partial charge in [0.15, 0.2) is 0 Å². The molecule has 108 valence electrons. The number of aromatic carboxylic acids is 1. The lowest BCUT2D eigenvalue weighted by Gasteiger charge is -2.16. The predicted octanol–water partition coefficient (Wildman–Crippen LogP) is 3.42. The first kappa shape index (κ1) is 14.8. The molecule has 1 amide bonds. The molecule has 0 aliphatic rings. The first-order valence-electron chi connectivity index (χ1n) is 6.73. The fourth-order valence-electron chi connectivity index (χ4n) is 2.06. The maximum absolute atomic E-state index is 11.6. The lowest BCUT2D eigenvalue weighted by atomic mass is 10.0. The molecule has 2 rings (SSSR count). The maximum Gasteiger partial charge on any atom is 0.335 e. The van der Waals surface area contributed by atoms with Gasteiger partial charge in [0.2, 0.25) is 5.91 Å². The molecule has 0 heterocycles. The third-order valence-electron chi connectivity index (χ3n) is 3.40. The number of benzene rings is 2. The minimum absolute atomic E-state index is 0.0635. The van der Waals surface area contributed by atoms with E-state index in [1.165, 1.54) is 0 Å². The molecular weight excluding hydrogens is 266 g/mol. The summed E-state index contributed by atoms with van der Waals surface area (Å²) in [5, 5.41) is 8.88. The van der Waals surface area contributed by atoms with Gasteiger partial charge >= 0.3 is 5.97 Å². The topological polar surface area (TPSA) is 57.6 Å². The molecule has 0 aromatic heterocycles. The Balaban J connectivity index is 2.22. The van der Waals surface area contributed by atoms with Gasteiger partial charge in [-0.25, -0.2) is 4.79 Å². The van der Waals surface area contributed by atoms with E-state index in [1.807, 2.05) is 31.2 Å². The summed E-state index contributed by atoms with van der Waals surface area (Å²) in [5.74, 6) is -0.870. The molecule has 0 saturated carbocycles. The summed E-state index contributed by atoms with van der Waals surface area (Å²) >= 11 is 0. The van der Waals surface area contributed by atoms with Crippen molar-refractivity contribution < 1.29 is 14.7 Å². The molecular formula is C17H17NO3. The number of hydrogen-bond donors (Lipinski definition) is 1.